The van der Waals surface area contributed by atoms with Gasteiger partial charge in [-0.1, -0.05) is 0 Å². The third kappa shape index (κ3) is 11.8. The molecule has 0 aliphatic carbocycles. The number of hydrogen-bond acceptors (Lipinski definition) is 15. The van der Waals surface area contributed by atoms with Crippen LogP contribution in [0.5, 0.6) is 0 Å². The average Bonchev–Trinajstić information content (AvgIpc) is 2.96. The van der Waals surface area contributed by atoms with Crippen molar-refractivity contribution < 1.29 is 96.1 Å². The summed E-state index contributed by atoms with van der Waals surface area (Å²) in [5.41, 5.74) is -5.21. The normalized spacial score (nSPS) is 9.39. The zero-order valence-corrected chi connectivity index (χ0v) is 23.4. The monoisotopic (exact) mass is 805 g/mol. The maximum Gasteiger partial charge on any atom is 0.336 e. The smallest absolute Gasteiger partial charge is 0.336 e. The fourth-order valence-electron chi connectivity index (χ4n) is 2.79. The van der Waals surface area contributed by atoms with Crippen molar-refractivity contribution in [2.75, 3.05) is 0 Å². The molecule has 0 atom stereocenters. The molecule has 3 N–H and O–H groups in total. The zero-order chi connectivity index (χ0) is 34.8. The van der Waals surface area contributed by atoms with Gasteiger partial charge < -0.3 is 15.3 Å². The Kier molecular flexibility index (Phi) is 14.8. The summed E-state index contributed by atoms with van der Waals surface area (Å²) in [5.74, 6) is -4.37. The van der Waals surface area contributed by atoms with Crippen LogP contribution < -0.4 is 0 Å². The van der Waals surface area contributed by atoms with Gasteiger partial charge >= 0.3 is 17.9 Å². The number of carboxylic acids is 3. The number of aromatic carboxylic acids is 3. The van der Waals surface area contributed by atoms with Crippen molar-refractivity contribution in [3.8, 4) is 0 Å². The van der Waals surface area contributed by atoms with Gasteiger partial charge in [-0.05, 0) is 0 Å². The zero-order valence-electron chi connectivity index (χ0n) is 21.6. The standard InChI is InChI=1S/3C7H4N2O6.Tm/c3*10-7(11)4-1-5(8(12)13)3-6(2-4)9(14)15;/h3*1-3H,(H,10,11);. The van der Waals surface area contributed by atoms with E-state index in [1.165, 1.54) is 0 Å². The topological polar surface area (TPSA) is 371 Å². The molecule has 0 bridgehead atoms. The number of nitro benzene ring substituents is 6. The van der Waals surface area contributed by atoms with Gasteiger partial charge in [0.2, 0.25) is 0 Å². The van der Waals surface area contributed by atoms with Crippen molar-refractivity contribution in [1.29, 1.82) is 0 Å². The van der Waals surface area contributed by atoms with Gasteiger partial charge in [0, 0.05) is 73.3 Å². The summed E-state index contributed by atoms with van der Waals surface area (Å²) in [5, 5.41) is 87.7. The van der Waals surface area contributed by atoms with E-state index in [1.54, 1.807) is 0 Å². The second-order valence-corrected chi connectivity index (χ2v) is 7.67. The maximum absolute atomic E-state index is 10.5. The van der Waals surface area contributed by atoms with Crippen molar-refractivity contribution in [3.63, 3.8) is 0 Å². The molecule has 0 fully saturated rings. The number of carbonyl (C=O) groups is 3. The number of nitrogens with zero attached hydrogens (tertiary/aromatic N) is 6. The predicted octanol–water partition coefficient (Wildman–Crippen LogP) is 3.60. The minimum absolute atomic E-state index is 0. The molecule has 0 aromatic heterocycles. The summed E-state index contributed by atoms with van der Waals surface area (Å²) in [4.78, 5) is 88.2. The van der Waals surface area contributed by atoms with E-state index >= 15 is 0 Å². The van der Waals surface area contributed by atoms with Crippen LogP contribution in [0.3, 0.4) is 0 Å². The quantitative estimate of drug-likeness (QED) is 0.205. The maximum atomic E-state index is 10.5. The molecule has 0 amide bonds. The number of non-ortho nitro benzene ring substituents is 6. The summed E-state index contributed by atoms with van der Waals surface area (Å²) >= 11 is 0. The molecule has 0 saturated heterocycles. The average molecular weight is 805 g/mol. The first-order chi connectivity index (χ1) is 20.7. The van der Waals surface area contributed by atoms with Crippen molar-refractivity contribution in [2.45, 2.75) is 0 Å². The van der Waals surface area contributed by atoms with Gasteiger partial charge in [-0.3, -0.25) is 60.7 Å². The van der Waals surface area contributed by atoms with E-state index in [0.29, 0.717) is 18.2 Å². The summed E-state index contributed by atoms with van der Waals surface area (Å²) < 4.78 is 0. The van der Waals surface area contributed by atoms with Gasteiger partial charge in [0.25, 0.3) is 34.1 Å². The summed E-state index contributed by atoms with van der Waals surface area (Å²) in [6.45, 7) is 0. The first kappa shape index (κ1) is 39.7. The van der Waals surface area contributed by atoms with Crippen molar-refractivity contribution in [3.05, 3.63) is 132 Å². The molecule has 0 saturated carbocycles. The molecule has 46 heavy (non-hydrogen) atoms. The van der Waals surface area contributed by atoms with Crippen LogP contribution in [-0.2, 0) is 0 Å². The number of rotatable bonds is 9. The summed E-state index contributed by atoms with van der Waals surface area (Å²) in [7, 11) is 0. The minimum atomic E-state index is -1.46. The molecular formula is C21H12N6O18Tm. The predicted molar refractivity (Wildman–Crippen MR) is 140 cm³/mol. The number of benzene rings is 3. The number of carboxylic acid groups (broad SMARTS) is 3. The van der Waals surface area contributed by atoms with Gasteiger partial charge in [0.1, 0.15) is 0 Å². The Bertz CT molecular complexity index is 1340. The summed E-state index contributed by atoms with van der Waals surface area (Å²) in [6.07, 6.45) is 0. The van der Waals surface area contributed by atoms with E-state index in [4.69, 9.17) is 15.3 Å². The van der Waals surface area contributed by atoms with Gasteiger partial charge in [0.15, 0.2) is 0 Å². The van der Waals surface area contributed by atoms with Crippen LogP contribution in [-0.4, -0.2) is 62.8 Å². The third-order valence-corrected chi connectivity index (χ3v) is 4.71. The molecule has 3 aromatic rings. The fourth-order valence-corrected chi connectivity index (χ4v) is 2.79. The van der Waals surface area contributed by atoms with Gasteiger partial charge in [-0.15, -0.1) is 0 Å². The molecule has 1 radical (unpaired) electrons. The largest absolute Gasteiger partial charge is 0.478 e. The Morgan fingerprint density at radius 3 is 0.587 bits per heavy atom. The molecular weight excluding hydrogens is 793 g/mol. The molecule has 24 nitrogen and oxygen atoms in total. The Morgan fingerprint density at radius 2 is 0.500 bits per heavy atom. The summed E-state index contributed by atoms with van der Waals surface area (Å²) in [6, 6.07) is 6.66. The van der Waals surface area contributed by atoms with Crippen LogP contribution in [0.4, 0.5) is 34.1 Å². The Hall–Kier alpha value is -6.30. The number of hydrogen-bond donors (Lipinski definition) is 3. The van der Waals surface area contributed by atoms with Crippen LogP contribution in [0.2, 0.25) is 0 Å². The fraction of sp³-hybridized carbons (Fsp3) is 0. The first-order valence-corrected chi connectivity index (χ1v) is 10.8. The van der Waals surface area contributed by atoms with Gasteiger partial charge in [-0.25, -0.2) is 14.4 Å². The van der Waals surface area contributed by atoms with Crippen molar-refractivity contribution in [1.82, 2.24) is 0 Å². The molecule has 0 aliphatic heterocycles. The molecule has 3 aromatic carbocycles. The van der Waals surface area contributed by atoms with E-state index in [1.807, 2.05) is 0 Å². The number of nitro groups is 6. The first-order valence-electron chi connectivity index (χ1n) is 10.8. The van der Waals surface area contributed by atoms with E-state index in [9.17, 15) is 75.1 Å². The molecule has 3 rings (SSSR count). The Labute approximate surface area is 279 Å². The van der Waals surface area contributed by atoms with Gasteiger partial charge in [-0.2, -0.15) is 0 Å². The molecule has 0 spiro atoms. The molecule has 0 aliphatic rings. The van der Waals surface area contributed by atoms with Crippen molar-refractivity contribution >= 4 is 52.0 Å². The minimum Gasteiger partial charge on any atom is -0.478 e. The van der Waals surface area contributed by atoms with Crippen LogP contribution in [0.15, 0.2) is 54.6 Å². The van der Waals surface area contributed by atoms with Crippen LogP contribution in [0.1, 0.15) is 31.1 Å². The van der Waals surface area contributed by atoms with E-state index < -0.39 is 98.3 Å². The van der Waals surface area contributed by atoms with Crippen LogP contribution in [0, 0.1) is 97.6 Å². The molecule has 25 heteroatoms. The van der Waals surface area contributed by atoms with E-state index in [0.717, 1.165) is 36.4 Å². The molecule has 0 unspecified atom stereocenters. The Morgan fingerprint density at radius 1 is 0.370 bits per heavy atom. The molecule has 0 heterocycles. The third-order valence-electron chi connectivity index (χ3n) is 4.71. The SMILES string of the molecule is O=C(O)c1cc([N+](=O)[O-])cc([N+](=O)[O-])c1.O=C(O)c1cc([N+](=O)[O-])cc([N+](=O)[O-])c1.O=C(O)c1cc([N+](=O)[O-])cc([N+](=O)[O-])c1.[Tm]. The van der Waals surface area contributed by atoms with E-state index in [-0.39, 0.29) is 36.9 Å². The van der Waals surface area contributed by atoms with Crippen LogP contribution >= 0.6 is 0 Å². The second kappa shape index (κ2) is 17.1. The van der Waals surface area contributed by atoms with Crippen molar-refractivity contribution in [2.24, 2.45) is 0 Å². The van der Waals surface area contributed by atoms with Crippen LogP contribution in [0.25, 0.3) is 0 Å². The molecule has 247 valence electrons. The second-order valence-electron chi connectivity index (χ2n) is 7.67. The van der Waals surface area contributed by atoms with E-state index in [2.05, 4.69) is 0 Å². The Balaban J connectivity index is 0.000000653. The van der Waals surface area contributed by atoms with Gasteiger partial charge in [0.05, 0.1) is 64.4 Å².